The van der Waals surface area contributed by atoms with Gasteiger partial charge in [-0.05, 0) is 76.8 Å². The van der Waals surface area contributed by atoms with E-state index in [4.69, 9.17) is 16.3 Å². The molecule has 2 aromatic rings. The quantitative estimate of drug-likeness (QED) is 0.468. The fourth-order valence-corrected chi connectivity index (χ4v) is 5.15. The zero-order valence-electron chi connectivity index (χ0n) is 21.1. The lowest BCUT2D eigenvalue weighted by molar-refractivity contribution is -0.149. The molecule has 0 radical (unpaired) electrons. The van der Waals surface area contributed by atoms with Gasteiger partial charge in [-0.1, -0.05) is 11.6 Å². The number of alkyl halides is 3. The summed E-state index contributed by atoms with van der Waals surface area (Å²) in [7, 11) is 0. The van der Waals surface area contributed by atoms with Crippen molar-refractivity contribution in [3.05, 3.63) is 52.9 Å². The van der Waals surface area contributed by atoms with Crippen LogP contribution in [0.15, 0.2) is 36.5 Å². The number of hydrogen-bond donors (Lipinski definition) is 2. The minimum absolute atomic E-state index is 0.0443. The summed E-state index contributed by atoms with van der Waals surface area (Å²) >= 11 is 6.04. The van der Waals surface area contributed by atoms with Crippen LogP contribution in [0.2, 0.25) is 5.02 Å². The summed E-state index contributed by atoms with van der Waals surface area (Å²) in [4.78, 5) is 31.7. The highest BCUT2D eigenvalue weighted by Gasteiger charge is 2.43. The zero-order chi connectivity index (χ0) is 27.8. The number of carbonyl (C=O) groups is 2. The molecule has 1 aromatic carbocycles. The van der Waals surface area contributed by atoms with Gasteiger partial charge < -0.3 is 20.3 Å². The van der Waals surface area contributed by atoms with E-state index in [0.29, 0.717) is 18.7 Å². The van der Waals surface area contributed by atoms with E-state index in [1.807, 2.05) is 5.32 Å². The first-order valence-electron chi connectivity index (χ1n) is 12.3. The van der Waals surface area contributed by atoms with Crippen molar-refractivity contribution in [1.82, 2.24) is 15.6 Å². The molecule has 0 saturated carbocycles. The maximum atomic E-state index is 13.3. The average molecular weight is 557 g/mol. The van der Waals surface area contributed by atoms with E-state index in [1.54, 1.807) is 19.9 Å². The molecule has 2 saturated heterocycles. The molecule has 2 aliphatic rings. The number of nitrogens with zero attached hydrogens (tertiary/aromatic N) is 2. The number of fused-ring (bicyclic) bond motifs is 2. The van der Waals surface area contributed by atoms with E-state index in [0.717, 1.165) is 25.8 Å². The Balaban J connectivity index is 1.36. The van der Waals surface area contributed by atoms with Crippen molar-refractivity contribution in [1.29, 1.82) is 0 Å². The molecule has 12 heteroatoms. The van der Waals surface area contributed by atoms with Crippen LogP contribution in [0.5, 0.6) is 5.75 Å². The van der Waals surface area contributed by atoms with E-state index in [9.17, 15) is 27.2 Å². The van der Waals surface area contributed by atoms with Crippen molar-refractivity contribution in [2.24, 2.45) is 0 Å². The van der Waals surface area contributed by atoms with Crippen LogP contribution >= 0.6 is 11.6 Å². The summed E-state index contributed by atoms with van der Waals surface area (Å²) in [6, 6.07) is 4.95. The van der Waals surface area contributed by atoms with E-state index in [2.05, 4.69) is 15.2 Å². The van der Waals surface area contributed by atoms with Gasteiger partial charge in [0.05, 0.1) is 10.6 Å². The molecule has 2 bridgehead atoms. The summed E-state index contributed by atoms with van der Waals surface area (Å²) in [6.45, 7) is 4.11. The maximum absolute atomic E-state index is 13.3. The third-order valence-corrected chi connectivity index (χ3v) is 7.28. The van der Waals surface area contributed by atoms with Gasteiger partial charge in [-0.3, -0.25) is 9.59 Å². The maximum Gasteiger partial charge on any atom is 0.408 e. The zero-order valence-corrected chi connectivity index (χ0v) is 21.9. The molecule has 1 aromatic heterocycles. The van der Waals surface area contributed by atoms with Gasteiger partial charge in [-0.25, -0.2) is 9.37 Å². The Morgan fingerprint density at radius 1 is 1.13 bits per heavy atom. The average Bonchev–Trinajstić information content (AvgIpc) is 3.10. The molecular weight excluding hydrogens is 528 g/mol. The number of piperidine rings is 1. The molecule has 1 unspecified atom stereocenters. The Bertz CT molecular complexity index is 1180. The van der Waals surface area contributed by atoms with Crippen molar-refractivity contribution in [3.63, 3.8) is 0 Å². The molecule has 2 aliphatic heterocycles. The molecule has 2 amide bonds. The van der Waals surface area contributed by atoms with Crippen molar-refractivity contribution in [2.75, 3.05) is 4.90 Å². The van der Waals surface area contributed by atoms with E-state index in [1.165, 1.54) is 24.4 Å². The molecule has 206 valence electrons. The number of hydrogen-bond acceptors (Lipinski definition) is 5. The number of aromatic nitrogens is 1. The van der Waals surface area contributed by atoms with Gasteiger partial charge in [0.2, 0.25) is 0 Å². The monoisotopic (exact) mass is 556 g/mol. The van der Waals surface area contributed by atoms with Crippen molar-refractivity contribution in [3.8, 4) is 5.75 Å². The van der Waals surface area contributed by atoms with Gasteiger partial charge in [0.25, 0.3) is 11.8 Å². The van der Waals surface area contributed by atoms with Crippen LogP contribution in [0.1, 0.15) is 56.8 Å². The Morgan fingerprint density at radius 3 is 2.34 bits per heavy atom. The lowest BCUT2D eigenvalue weighted by Gasteiger charge is -2.40. The highest BCUT2D eigenvalue weighted by Crippen LogP contribution is 2.39. The molecule has 7 nitrogen and oxygen atoms in total. The third kappa shape index (κ3) is 6.14. The molecule has 4 atom stereocenters. The summed E-state index contributed by atoms with van der Waals surface area (Å²) < 4.78 is 57.4. The Hall–Kier alpha value is -3.08. The molecular formula is C26H29ClF4N4O3. The Morgan fingerprint density at radius 2 is 1.79 bits per heavy atom. The first-order valence-corrected chi connectivity index (χ1v) is 12.7. The van der Waals surface area contributed by atoms with Gasteiger partial charge >= 0.3 is 6.18 Å². The van der Waals surface area contributed by atoms with Gasteiger partial charge in [-0.15, -0.1) is 0 Å². The molecule has 4 rings (SSSR count). The number of halogens is 5. The van der Waals surface area contributed by atoms with Crippen molar-refractivity contribution < 1.29 is 31.9 Å². The number of rotatable bonds is 7. The third-order valence-electron chi connectivity index (χ3n) is 6.99. The van der Waals surface area contributed by atoms with Crippen LogP contribution in [0.3, 0.4) is 0 Å². The fraction of sp³-hybridized carbons (Fsp3) is 0.500. The minimum Gasteiger partial charge on any atom is -0.476 e. The molecule has 2 fully saturated rings. The standard InChI is InChI=1S/C26H29ClF4N4O3/c1-14(26(29,30)31)33-23(36)15-4-9-22(32-13-15)35-18-6-7-19(35)12-17(11-18)34-24(37)25(2,3)38-21-8-5-16(28)10-20(21)27/h4-5,8-10,13-14,17-19H,6-7,11-12H2,1-3H3,(H,33,36)(H,34,37)/t14-,17?,18-,19+/m1/s1. The second-order valence-corrected chi connectivity index (χ2v) is 10.7. The predicted octanol–water partition coefficient (Wildman–Crippen LogP) is 5.03. The van der Waals surface area contributed by atoms with Gasteiger partial charge in [0.15, 0.2) is 5.60 Å². The first-order chi connectivity index (χ1) is 17.7. The largest absolute Gasteiger partial charge is 0.476 e. The van der Waals surface area contributed by atoms with Crippen LogP contribution in [0.4, 0.5) is 23.4 Å². The van der Waals surface area contributed by atoms with Crippen molar-refractivity contribution in [2.45, 2.75) is 82.4 Å². The summed E-state index contributed by atoms with van der Waals surface area (Å²) in [5.74, 6) is -0.825. The van der Waals surface area contributed by atoms with Gasteiger partial charge in [0.1, 0.15) is 23.4 Å². The number of carbonyl (C=O) groups excluding carboxylic acids is 2. The summed E-state index contributed by atoms with van der Waals surface area (Å²) in [6.07, 6.45) is -0.117. The fourth-order valence-electron chi connectivity index (χ4n) is 4.94. The van der Waals surface area contributed by atoms with E-state index >= 15 is 0 Å². The highest BCUT2D eigenvalue weighted by atomic mass is 35.5. The number of ether oxygens (including phenoxy) is 1. The minimum atomic E-state index is -4.53. The van der Waals surface area contributed by atoms with Crippen molar-refractivity contribution >= 4 is 29.2 Å². The van der Waals surface area contributed by atoms with Crippen LogP contribution in [-0.4, -0.2) is 52.7 Å². The Labute approximate surface area is 222 Å². The van der Waals surface area contributed by atoms with E-state index in [-0.39, 0.29) is 40.4 Å². The summed E-state index contributed by atoms with van der Waals surface area (Å²) in [5, 5.41) is 5.07. The second-order valence-electron chi connectivity index (χ2n) is 10.3. The molecule has 3 heterocycles. The van der Waals surface area contributed by atoms with Crippen LogP contribution in [0.25, 0.3) is 0 Å². The van der Waals surface area contributed by atoms with Crippen LogP contribution in [0, 0.1) is 5.82 Å². The second kappa shape index (κ2) is 10.6. The van der Waals surface area contributed by atoms with E-state index < -0.39 is 29.5 Å². The molecule has 2 N–H and O–H groups in total. The topological polar surface area (TPSA) is 83.6 Å². The SMILES string of the molecule is C[C@@H](NC(=O)c1ccc(N2[C@@H]3CC[C@H]2CC(NC(=O)C(C)(C)Oc2ccc(F)cc2Cl)C3)nc1)C(F)(F)F. The lowest BCUT2D eigenvalue weighted by Crippen LogP contribution is -2.55. The normalized spacial score (nSPS) is 22.1. The molecule has 0 aliphatic carbocycles. The number of amides is 2. The number of nitrogens with one attached hydrogen (secondary N) is 2. The number of pyridine rings is 1. The van der Waals surface area contributed by atoms with Gasteiger partial charge in [-0.2, -0.15) is 13.2 Å². The first kappa shape index (κ1) is 27.9. The van der Waals surface area contributed by atoms with Gasteiger partial charge in [0, 0.05) is 24.3 Å². The Kier molecular flexibility index (Phi) is 7.79. The highest BCUT2D eigenvalue weighted by molar-refractivity contribution is 6.32. The van der Waals surface area contributed by atoms with Crippen LogP contribution < -0.4 is 20.3 Å². The molecule has 0 spiro atoms. The lowest BCUT2D eigenvalue weighted by atomic mass is 9.96. The van der Waals surface area contributed by atoms with Crippen LogP contribution in [-0.2, 0) is 4.79 Å². The predicted molar refractivity (Wildman–Crippen MR) is 134 cm³/mol. The summed E-state index contributed by atoms with van der Waals surface area (Å²) in [5.41, 5.74) is -1.21. The smallest absolute Gasteiger partial charge is 0.408 e. The molecule has 38 heavy (non-hydrogen) atoms. The number of anilines is 1. The number of benzene rings is 1.